The molecule has 0 aromatic rings. The van der Waals surface area contributed by atoms with Crippen LogP contribution < -0.4 is 3.64 Å². The molecule has 0 radical (unpaired) electrons. The van der Waals surface area contributed by atoms with Crippen LogP contribution in [-0.2, 0) is 14.3 Å². The fourth-order valence-electron chi connectivity index (χ4n) is 0.471. The summed E-state index contributed by atoms with van der Waals surface area (Å²) in [4.78, 5) is 22.0. The van der Waals surface area contributed by atoms with Crippen molar-refractivity contribution in [2.75, 3.05) is 0 Å². The van der Waals surface area contributed by atoms with E-state index in [-0.39, 0.29) is 0 Å². The van der Waals surface area contributed by atoms with Crippen LogP contribution in [0.1, 0.15) is 20.8 Å². The second-order valence-electron chi connectivity index (χ2n) is 3.34. The highest BCUT2D eigenvalue weighted by Crippen LogP contribution is 2.08. The molecule has 0 aliphatic heterocycles. The highest BCUT2D eigenvalue weighted by Gasteiger charge is 2.22. The third-order valence-electron chi connectivity index (χ3n) is 0.874. The number of carbonyl (C=O) groups is 2. The first-order valence-electron chi connectivity index (χ1n) is 3.80. The largest absolute Gasteiger partial charge is 0.516 e. The van der Waals surface area contributed by atoms with Crippen LogP contribution >= 0.6 is 34.5 Å². The van der Waals surface area contributed by atoms with E-state index in [9.17, 15) is 9.59 Å². The van der Waals surface area contributed by atoms with Gasteiger partial charge in [0.1, 0.15) is 5.60 Å². The number of ether oxygens (including phenoxy) is 2. The van der Waals surface area contributed by atoms with Crippen LogP contribution in [-0.4, -0.2) is 22.9 Å². The summed E-state index contributed by atoms with van der Waals surface area (Å²) in [7, 11) is 0. The third-order valence-corrected chi connectivity index (χ3v) is 1.35. The molecule has 0 rings (SSSR count). The number of halogens is 2. The van der Waals surface area contributed by atoms with Crippen LogP contribution in [0.5, 0.6) is 0 Å². The van der Waals surface area contributed by atoms with Gasteiger partial charge in [0.2, 0.25) is 5.17 Å². The lowest BCUT2D eigenvalue weighted by atomic mass is 10.2. The van der Waals surface area contributed by atoms with E-state index in [0.29, 0.717) is 0 Å². The lowest BCUT2D eigenvalue weighted by Gasteiger charge is -2.17. The average Bonchev–Trinajstić information content (AvgIpc) is 2.00. The molecule has 8 heteroatoms. The zero-order valence-electron chi connectivity index (χ0n) is 8.34. The molecule has 0 saturated carbocycles. The summed E-state index contributed by atoms with van der Waals surface area (Å²) < 4.78 is 11.2. The Labute approximate surface area is 106 Å². The molecule has 0 aromatic carbocycles. The fraction of sp³-hybridized carbons (Fsp3) is 0.571. The number of nitrogens with zero attached hydrogens (tertiary/aromatic N) is 1. The zero-order valence-corrected chi connectivity index (χ0v) is 11.2. The Balaban J connectivity index is 4.20. The summed E-state index contributed by atoms with van der Waals surface area (Å²) in [6.45, 7) is 4.92. The minimum Gasteiger partial charge on any atom is -0.428 e. The predicted molar refractivity (Wildman–Crippen MR) is 62.8 cm³/mol. The molecule has 0 fully saturated rings. The minimum absolute atomic E-state index is 0.491. The topological polar surface area (TPSA) is 77.0 Å². The second kappa shape index (κ2) is 6.11. The van der Waals surface area contributed by atoms with Gasteiger partial charge in [-0.1, -0.05) is 11.6 Å². The molecule has 0 aliphatic rings. The maximum absolute atomic E-state index is 11.0. The number of hydrogen-bond acceptors (Lipinski definition) is 6. The van der Waals surface area contributed by atoms with Gasteiger partial charge < -0.3 is 9.47 Å². The Morgan fingerprint density at radius 3 is 2.33 bits per heavy atom. The van der Waals surface area contributed by atoms with Crippen molar-refractivity contribution in [1.29, 1.82) is 0 Å². The van der Waals surface area contributed by atoms with E-state index in [2.05, 4.69) is 13.5 Å². The summed E-state index contributed by atoms with van der Waals surface area (Å²) in [5.41, 5.74) is -0.734. The molecule has 0 saturated heterocycles. The molecule has 0 bridgehead atoms. The number of carbonyl (C=O) groups excluding carboxylic acids is 2. The zero-order chi connectivity index (χ0) is 12.1. The molecule has 0 heterocycles. The summed E-state index contributed by atoms with van der Waals surface area (Å²) in [5, 5.41) is 2.82. The van der Waals surface area contributed by atoms with E-state index in [1.165, 1.54) is 0 Å². The predicted octanol–water partition coefficient (Wildman–Crippen LogP) is 1.96. The Morgan fingerprint density at radius 2 is 1.93 bits per heavy atom. The van der Waals surface area contributed by atoms with Gasteiger partial charge in [0.05, 0.1) is 22.9 Å². The number of rotatable bonds is 2. The van der Waals surface area contributed by atoms with Crippen molar-refractivity contribution in [2.24, 2.45) is 5.10 Å². The highest BCUT2D eigenvalue weighted by molar-refractivity contribution is 14.1. The quantitative estimate of drug-likeness (QED) is 0.206. The van der Waals surface area contributed by atoms with Crippen LogP contribution in [0.3, 0.4) is 0 Å². The summed E-state index contributed by atoms with van der Waals surface area (Å²) in [6, 6.07) is 0. The number of nitrogens with one attached hydrogen (secondary N) is 1. The van der Waals surface area contributed by atoms with Crippen molar-refractivity contribution < 1.29 is 19.1 Å². The SMILES string of the molecule is CC(C)(C)OC(=O)OC(=O)/C(Cl)=N/NI. The molecule has 1 N–H and O–H groups in total. The molecule has 0 amide bonds. The Bertz CT molecular complexity index is 287. The third kappa shape index (κ3) is 7.37. The number of esters is 1. The Hall–Kier alpha value is -0.570. The lowest BCUT2D eigenvalue weighted by Crippen LogP contribution is -2.27. The maximum atomic E-state index is 11.0. The van der Waals surface area contributed by atoms with Crippen LogP contribution in [0, 0.1) is 0 Å². The Morgan fingerprint density at radius 1 is 1.40 bits per heavy atom. The summed E-state index contributed by atoms with van der Waals surface area (Å²) >= 11 is 6.99. The van der Waals surface area contributed by atoms with E-state index < -0.39 is 22.9 Å². The minimum atomic E-state index is -1.12. The first kappa shape index (κ1) is 14.4. The molecule has 0 aromatic heterocycles. The summed E-state index contributed by atoms with van der Waals surface area (Å²) in [6.07, 6.45) is -1.12. The van der Waals surface area contributed by atoms with Crippen LogP contribution in [0.4, 0.5) is 4.79 Å². The Kier molecular flexibility index (Phi) is 5.88. The van der Waals surface area contributed by atoms with Gasteiger partial charge in [-0.15, -0.1) is 0 Å². The molecule has 15 heavy (non-hydrogen) atoms. The van der Waals surface area contributed by atoms with E-state index in [4.69, 9.17) is 16.3 Å². The summed E-state index contributed by atoms with van der Waals surface area (Å²) in [5.74, 6) is -1.07. The van der Waals surface area contributed by atoms with E-state index in [1.54, 1.807) is 43.6 Å². The van der Waals surface area contributed by atoms with Crippen molar-refractivity contribution in [3.05, 3.63) is 0 Å². The molecule has 0 spiro atoms. The highest BCUT2D eigenvalue weighted by atomic mass is 127. The molecule has 6 nitrogen and oxygen atoms in total. The standard InChI is InChI=1S/C7H10ClIN2O4/c1-7(2,3)15-6(13)14-5(12)4(8)10-11-9/h11H,1-3H3/b10-4-. The van der Waals surface area contributed by atoms with Crippen molar-refractivity contribution in [3.63, 3.8) is 0 Å². The number of hydrogen-bond donors (Lipinski definition) is 1. The van der Waals surface area contributed by atoms with E-state index >= 15 is 0 Å². The first-order chi connectivity index (χ1) is 6.76. The smallest absolute Gasteiger partial charge is 0.428 e. The van der Waals surface area contributed by atoms with Gasteiger partial charge >= 0.3 is 12.1 Å². The molecule has 86 valence electrons. The number of hydrazone groups is 1. The lowest BCUT2D eigenvalue weighted by molar-refractivity contribution is -0.133. The van der Waals surface area contributed by atoms with Crippen molar-refractivity contribution in [1.82, 2.24) is 3.64 Å². The van der Waals surface area contributed by atoms with Gasteiger partial charge in [0.25, 0.3) is 0 Å². The van der Waals surface area contributed by atoms with E-state index in [0.717, 1.165) is 0 Å². The van der Waals surface area contributed by atoms with Gasteiger partial charge in [-0.25, -0.2) is 13.2 Å². The van der Waals surface area contributed by atoms with Gasteiger partial charge in [0, 0.05) is 0 Å². The fourth-order valence-corrected chi connectivity index (χ4v) is 0.936. The van der Waals surface area contributed by atoms with Crippen molar-refractivity contribution in [3.8, 4) is 0 Å². The molecular weight excluding hydrogens is 338 g/mol. The second-order valence-corrected chi connectivity index (χ2v) is 4.18. The van der Waals surface area contributed by atoms with Crippen molar-refractivity contribution >= 4 is 51.8 Å². The van der Waals surface area contributed by atoms with Crippen molar-refractivity contribution in [2.45, 2.75) is 26.4 Å². The van der Waals surface area contributed by atoms with Crippen LogP contribution in [0.25, 0.3) is 0 Å². The monoisotopic (exact) mass is 348 g/mol. The molecule has 0 atom stereocenters. The van der Waals surface area contributed by atoms with Crippen LogP contribution in [0.15, 0.2) is 5.10 Å². The van der Waals surface area contributed by atoms with Gasteiger partial charge in [-0.05, 0) is 20.8 Å². The van der Waals surface area contributed by atoms with Gasteiger partial charge in [-0.2, -0.15) is 5.10 Å². The molecule has 0 unspecified atom stereocenters. The van der Waals surface area contributed by atoms with Crippen LogP contribution in [0.2, 0.25) is 0 Å². The average molecular weight is 349 g/mol. The van der Waals surface area contributed by atoms with E-state index in [1.807, 2.05) is 0 Å². The normalized spacial score (nSPS) is 11.9. The maximum Gasteiger partial charge on any atom is 0.516 e. The first-order valence-corrected chi connectivity index (χ1v) is 5.26. The van der Waals surface area contributed by atoms with Gasteiger partial charge in [-0.3, -0.25) is 0 Å². The van der Waals surface area contributed by atoms with Gasteiger partial charge in [0.15, 0.2) is 0 Å². The molecular formula is C7H10ClIN2O4. The molecule has 0 aliphatic carbocycles.